The molecule has 1 aliphatic rings. The lowest BCUT2D eigenvalue weighted by molar-refractivity contribution is 0.688. The van der Waals surface area contributed by atoms with Crippen LogP contribution in [0, 0.1) is 0 Å². The molecule has 15 heavy (non-hydrogen) atoms. The van der Waals surface area contributed by atoms with Crippen molar-refractivity contribution in [2.24, 2.45) is 7.05 Å². The summed E-state index contributed by atoms with van der Waals surface area (Å²) in [7, 11) is 2.11. The van der Waals surface area contributed by atoms with E-state index in [2.05, 4.69) is 47.4 Å². The number of nitrogens with one attached hydrogen (secondary N) is 1. The molecule has 0 aliphatic heterocycles. The highest BCUT2D eigenvalue weighted by molar-refractivity contribution is 5.83. The van der Waals surface area contributed by atoms with Crippen LogP contribution in [0.25, 0.3) is 10.9 Å². The molecule has 2 heteroatoms. The van der Waals surface area contributed by atoms with E-state index in [1.54, 1.807) is 0 Å². The van der Waals surface area contributed by atoms with Crippen molar-refractivity contribution in [2.45, 2.75) is 25.4 Å². The Labute approximate surface area is 89.9 Å². The monoisotopic (exact) mass is 200 g/mol. The standard InChI is InChI=1S/C13H16N2/c1-15-8-7-10-3-2-4-11(13(10)15)9-14-12-5-6-12/h2-4,7-8,12,14H,5-6,9H2,1H3. The molecular formula is C13H16N2. The van der Waals surface area contributed by atoms with Crippen molar-refractivity contribution in [2.75, 3.05) is 0 Å². The molecule has 1 saturated carbocycles. The van der Waals surface area contributed by atoms with Gasteiger partial charge in [0.1, 0.15) is 0 Å². The lowest BCUT2D eigenvalue weighted by Crippen LogP contribution is -2.15. The third kappa shape index (κ3) is 1.65. The quantitative estimate of drug-likeness (QED) is 0.805. The molecular weight excluding hydrogens is 184 g/mol. The first kappa shape index (κ1) is 8.98. The summed E-state index contributed by atoms with van der Waals surface area (Å²) >= 11 is 0. The van der Waals surface area contributed by atoms with Gasteiger partial charge in [0.15, 0.2) is 0 Å². The Bertz CT molecular complexity index is 480. The topological polar surface area (TPSA) is 17.0 Å². The molecule has 1 heterocycles. The summed E-state index contributed by atoms with van der Waals surface area (Å²) in [4.78, 5) is 0. The van der Waals surface area contributed by atoms with Crippen molar-refractivity contribution in [3.63, 3.8) is 0 Å². The maximum atomic E-state index is 3.57. The Morgan fingerprint density at radius 2 is 2.20 bits per heavy atom. The minimum Gasteiger partial charge on any atom is -0.350 e. The normalized spacial score (nSPS) is 16.1. The molecule has 0 spiro atoms. The van der Waals surface area contributed by atoms with E-state index >= 15 is 0 Å². The van der Waals surface area contributed by atoms with E-state index in [0.717, 1.165) is 12.6 Å². The number of aryl methyl sites for hydroxylation is 1. The van der Waals surface area contributed by atoms with E-state index in [-0.39, 0.29) is 0 Å². The minimum atomic E-state index is 0.778. The van der Waals surface area contributed by atoms with Crippen LogP contribution in [-0.4, -0.2) is 10.6 Å². The number of aromatic nitrogens is 1. The zero-order valence-corrected chi connectivity index (χ0v) is 9.03. The van der Waals surface area contributed by atoms with Gasteiger partial charge in [0.25, 0.3) is 0 Å². The predicted molar refractivity (Wildman–Crippen MR) is 62.8 cm³/mol. The fraction of sp³-hybridized carbons (Fsp3) is 0.385. The first-order valence-corrected chi connectivity index (χ1v) is 5.61. The third-order valence-corrected chi connectivity index (χ3v) is 3.14. The van der Waals surface area contributed by atoms with Crippen LogP contribution >= 0.6 is 0 Å². The molecule has 2 aromatic rings. The zero-order valence-electron chi connectivity index (χ0n) is 9.03. The average molecular weight is 200 g/mol. The molecule has 1 aliphatic carbocycles. The van der Waals surface area contributed by atoms with Gasteiger partial charge in [0, 0.05) is 25.8 Å². The first-order chi connectivity index (χ1) is 7.34. The van der Waals surface area contributed by atoms with Crippen LogP contribution < -0.4 is 5.32 Å². The Balaban J connectivity index is 1.96. The summed E-state index contributed by atoms with van der Waals surface area (Å²) < 4.78 is 2.21. The van der Waals surface area contributed by atoms with Gasteiger partial charge in [-0.3, -0.25) is 0 Å². The molecule has 0 bridgehead atoms. The van der Waals surface area contributed by atoms with Crippen LogP contribution in [0.2, 0.25) is 0 Å². The van der Waals surface area contributed by atoms with E-state index < -0.39 is 0 Å². The molecule has 1 fully saturated rings. The molecule has 2 nitrogen and oxygen atoms in total. The fourth-order valence-corrected chi connectivity index (χ4v) is 2.13. The number of fused-ring (bicyclic) bond motifs is 1. The predicted octanol–water partition coefficient (Wildman–Crippen LogP) is 2.43. The van der Waals surface area contributed by atoms with Gasteiger partial charge >= 0.3 is 0 Å². The summed E-state index contributed by atoms with van der Waals surface area (Å²) in [5.74, 6) is 0. The van der Waals surface area contributed by atoms with E-state index in [4.69, 9.17) is 0 Å². The molecule has 3 rings (SSSR count). The van der Waals surface area contributed by atoms with Gasteiger partial charge in [-0.25, -0.2) is 0 Å². The molecule has 0 unspecified atom stereocenters. The Kier molecular flexibility index (Phi) is 2.03. The molecule has 78 valence electrons. The van der Waals surface area contributed by atoms with Crippen LogP contribution in [0.1, 0.15) is 18.4 Å². The van der Waals surface area contributed by atoms with Crippen LogP contribution in [0.15, 0.2) is 30.5 Å². The summed E-state index contributed by atoms with van der Waals surface area (Å²) in [5.41, 5.74) is 2.78. The van der Waals surface area contributed by atoms with E-state index in [1.807, 2.05) is 0 Å². The number of hydrogen-bond donors (Lipinski definition) is 1. The lowest BCUT2D eigenvalue weighted by Gasteiger charge is -2.07. The maximum Gasteiger partial charge on any atom is 0.0523 e. The number of hydrogen-bond acceptors (Lipinski definition) is 1. The number of para-hydroxylation sites is 1. The summed E-state index contributed by atoms with van der Waals surface area (Å²) in [6.07, 6.45) is 4.83. The fourth-order valence-electron chi connectivity index (χ4n) is 2.13. The van der Waals surface area contributed by atoms with Gasteiger partial charge in [0.2, 0.25) is 0 Å². The Hall–Kier alpha value is -1.28. The molecule has 0 saturated heterocycles. The highest BCUT2D eigenvalue weighted by Gasteiger charge is 2.20. The molecule has 0 amide bonds. The van der Waals surface area contributed by atoms with Gasteiger partial charge in [-0.2, -0.15) is 0 Å². The van der Waals surface area contributed by atoms with Gasteiger partial charge in [-0.15, -0.1) is 0 Å². The van der Waals surface area contributed by atoms with Gasteiger partial charge in [0.05, 0.1) is 5.52 Å². The number of benzene rings is 1. The van der Waals surface area contributed by atoms with Crippen molar-refractivity contribution in [1.29, 1.82) is 0 Å². The van der Waals surface area contributed by atoms with E-state index in [0.29, 0.717) is 0 Å². The van der Waals surface area contributed by atoms with Crippen LogP contribution in [0.4, 0.5) is 0 Å². The summed E-state index contributed by atoms with van der Waals surface area (Å²) in [6.45, 7) is 1.000. The van der Waals surface area contributed by atoms with Gasteiger partial charge < -0.3 is 9.88 Å². The van der Waals surface area contributed by atoms with Crippen LogP contribution in [0.3, 0.4) is 0 Å². The second-order valence-electron chi connectivity index (χ2n) is 4.44. The maximum absolute atomic E-state index is 3.57. The summed E-state index contributed by atoms with van der Waals surface area (Å²) in [5, 5.41) is 4.91. The minimum absolute atomic E-state index is 0.778. The van der Waals surface area contributed by atoms with Crippen molar-refractivity contribution in [1.82, 2.24) is 9.88 Å². The number of nitrogens with zero attached hydrogens (tertiary/aromatic N) is 1. The number of rotatable bonds is 3. The van der Waals surface area contributed by atoms with Crippen molar-refractivity contribution >= 4 is 10.9 Å². The van der Waals surface area contributed by atoms with E-state index in [9.17, 15) is 0 Å². The van der Waals surface area contributed by atoms with Crippen molar-refractivity contribution in [3.8, 4) is 0 Å². The SMILES string of the molecule is Cn1ccc2cccc(CNC3CC3)c21. The molecule has 1 N–H and O–H groups in total. The molecule has 0 atom stereocenters. The summed E-state index contributed by atoms with van der Waals surface area (Å²) in [6, 6.07) is 9.50. The third-order valence-electron chi connectivity index (χ3n) is 3.14. The van der Waals surface area contributed by atoms with Gasteiger partial charge in [-0.1, -0.05) is 18.2 Å². The highest BCUT2D eigenvalue weighted by atomic mass is 15.0. The zero-order chi connectivity index (χ0) is 10.3. The van der Waals surface area contributed by atoms with Crippen LogP contribution in [0.5, 0.6) is 0 Å². The second kappa shape index (κ2) is 3.38. The highest BCUT2D eigenvalue weighted by Crippen LogP contribution is 2.22. The average Bonchev–Trinajstić information content (AvgIpc) is 3.00. The molecule has 1 aromatic heterocycles. The van der Waals surface area contributed by atoms with E-state index in [1.165, 1.54) is 29.3 Å². The van der Waals surface area contributed by atoms with Crippen molar-refractivity contribution in [3.05, 3.63) is 36.0 Å². The Morgan fingerprint density at radius 3 is 3.00 bits per heavy atom. The van der Waals surface area contributed by atoms with Crippen molar-refractivity contribution < 1.29 is 0 Å². The largest absolute Gasteiger partial charge is 0.350 e. The molecule has 0 radical (unpaired) electrons. The second-order valence-corrected chi connectivity index (χ2v) is 4.44. The first-order valence-electron chi connectivity index (χ1n) is 5.61. The van der Waals surface area contributed by atoms with Gasteiger partial charge in [-0.05, 0) is 29.9 Å². The smallest absolute Gasteiger partial charge is 0.0523 e. The Morgan fingerprint density at radius 1 is 1.33 bits per heavy atom. The lowest BCUT2D eigenvalue weighted by atomic mass is 10.1. The van der Waals surface area contributed by atoms with Crippen LogP contribution in [-0.2, 0) is 13.6 Å². The molecule has 1 aromatic carbocycles.